The molecule has 0 saturated carbocycles. The summed E-state index contributed by atoms with van der Waals surface area (Å²) in [5.74, 6) is -2.13. The summed E-state index contributed by atoms with van der Waals surface area (Å²) in [7, 11) is 0. The third kappa shape index (κ3) is 4.38. The second-order valence-corrected chi connectivity index (χ2v) is 8.47. The van der Waals surface area contributed by atoms with Gasteiger partial charge in [-0.05, 0) is 44.0 Å². The van der Waals surface area contributed by atoms with Gasteiger partial charge in [0.05, 0.1) is 18.8 Å². The van der Waals surface area contributed by atoms with Gasteiger partial charge in [-0.2, -0.15) is 0 Å². The van der Waals surface area contributed by atoms with Crippen molar-refractivity contribution >= 4 is 39.3 Å². The zero-order chi connectivity index (χ0) is 22.7. The van der Waals surface area contributed by atoms with Crippen LogP contribution in [0.4, 0.5) is 4.39 Å². The number of rotatable bonds is 6. The highest BCUT2D eigenvalue weighted by molar-refractivity contribution is 7.21. The fraction of sp³-hybridized carbons (Fsp3) is 0.348. The normalized spacial score (nSPS) is 16.2. The lowest BCUT2D eigenvalue weighted by Gasteiger charge is -2.31. The Morgan fingerprint density at radius 3 is 2.81 bits per heavy atom. The van der Waals surface area contributed by atoms with Crippen molar-refractivity contribution in [2.75, 3.05) is 19.7 Å². The molecule has 0 N–H and O–H groups in total. The van der Waals surface area contributed by atoms with E-state index in [1.165, 1.54) is 12.3 Å². The molecule has 0 radical (unpaired) electrons. The number of carbonyl (C=O) groups excluding carboxylic acids is 3. The lowest BCUT2D eigenvalue weighted by molar-refractivity contribution is -0.151. The molecule has 3 aromatic rings. The van der Waals surface area contributed by atoms with Gasteiger partial charge in [-0.3, -0.25) is 9.59 Å². The van der Waals surface area contributed by atoms with E-state index in [9.17, 15) is 18.8 Å². The van der Waals surface area contributed by atoms with Gasteiger partial charge in [0.1, 0.15) is 17.3 Å². The number of fused-ring (bicyclic) bond motifs is 1. The monoisotopic (exact) mass is 459 g/mol. The van der Waals surface area contributed by atoms with Gasteiger partial charge in [-0.25, -0.2) is 9.18 Å². The fourth-order valence-corrected chi connectivity index (χ4v) is 4.95. The quantitative estimate of drug-likeness (QED) is 0.508. The van der Waals surface area contributed by atoms with E-state index in [0.717, 1.165) is 11.3 Å². The number of ether oxygens (including phenoxy) is 2. The predicted octanol–water partition coefficient (Wildman–Crippen LogP) is 4.41. The molecule has 9 heteroatoms. The molecule has 1 amide bonds. The average molecular weight is 459 g/mol. The Balaban J connectivity index is 1.49. The standard InChI is InChI=1S/C23H22FNO6S/c1-2-29-23(28)20-15(19-16(24)7-3-9-18(19)32-20)13-31-22(27)14-6-4-10-25(12-14)21(26)17-8-5-11-30-17/h3,5,7-9,11,14H,2,4,6,10,12-13H2,1H3/t14-/m0/s1. The van der Waals surface area contributed by atoms with Crippen LogP contribution in [0, 0.1) is 11.7 Å². The first-order valence-corrected chi connectivity index (χ1v) is 11.2. The summed E-state index contributed by atoms with van der Waals surface area (Å²) in [5, 5.41) is 0.256. The number of hydrogen-bond acceptors (Lipinski definition) is 7. The minimum absolute atomic E-state index is 0.177. The van der Waals surface area contributed by atoms with Gasteiger partial charge in [0.15, 0.2) is 5.76 Å². The highest BCUT2D eigenvalue weighted by Gasteiger charge is 2.31. The smallest absolute Gasteiger partial charge is 0.348 e. The third-order valence-electron chi connectivity index (χ3n) is 5.36. The zero-order valence-corrected chi connectivity index (χ0v) is 18.3. The number of likely N-dealkylation sites (tertiary alicyclic amines) is 1. The van der Waals surface area contributed by atoms with Gasteiger partial charge in [-0.1, -0.05) is 6.07 Å². The maximum atomic E-state index is 14.5. The molecule has 32 heavy (non-hydrogen) atoms. The molecule has 1 saturated heterocycles. The van der Waals surface area contributed by atoms with Crippen LogP contribution >= 0.6 is 11.3 Å². The maximum absolute atomic E-state index is 14.5. The van der Waals surface area contributed by atoms with Crippen LogP contribution in [0.3, 0.4) is 0 Å². The number of carbonyl (C=O) groups is 3. The van der Waals surface area contributed by atoms with Crippen molar-refractivity contribution in [1.29, 1.82) is 0 Å². The maximum Gasteiger partial charge on any atom is 0.348 e. The summed E-state index contributed by atoms with van der Waals surface area (Å²) >= 11 is 1.11. The number of piperidine rings is 1. The Kier molecular flexibility index (Phi) is 6.55. The number of esters is 2. The van der Waals surface area contributed by atoms with Gasteiger partial charge in [-0.15, -0.1) is 11.3 Å². The predicted molar refractivity (Wildman–Crippen MR) is 115 cm³/mol. The number of furan rings is 1. The molecule has 0 bridgehead atoms. The highest BCUT2D eigenvalue weighted by Crippen LogP contribution is 2.34. The van der Waals surface area contributed by atoms with Crippen LogP contribution in [-0.4, -0.2) is 42.4 Å². The summed E-state index contributed by atoms with van der Waals surface area (Å²) in [6.07, 6.45) is 2.65. The van der Waals surface area contributed by atoms with Gasteiger partial charge in [0.25, 0.3) is 5.91 Å². The Hall–Kier alpha value is -3.20. The van der Waals surface area contributed by atoms with Crippen LogP contribution in [0.15, 0.2) is 41.0 Å². The Morgan fingerprint density at radius 2 is 2.06 bits per heavy atom. The molecule has 0 unspecified atom stereocenters. The average Bonchev–Trinajstić information content (AvgIpc) is 3.46. The molecular formula is C23H22FNO6S. The Labute approximate surface area is 187 Å². The van der Waals surface area contributed by atoms with E-state index in [4.69, 9.17) is 13.9 Å². The molecule has 7 nitrogen and oxygen atoms in total. The van der Waals surface area contributed by atoms with E-state index < -0.39 is 23.7 Å². The van der Waals surface area contributed by atoms with Crippen molar-refractivity contribution in [2.45, 2.75) is 26.4 Å². The SMILES string of the molecule is CCOC(=O)c1sc2cccc(F)c2c1COC(=O)[C@H]1CCCN(C(=O)c2ccco2)C1. The number of thiophene rings is 1. The van der Waals surface area contributed by atoms with Gasteiger partial charge in [0.2, 0.25) is 0 Å². The van der Waals surface area contributed by atoms with Gasteiger partial charge in [0, 0.05) is 28.7 Å². The van der Waals surface area contributed by atoms with Crippen molar-refractivity contribution in [3.05, 3.63) is 58.6 Å². The third-order valence-corrected chi connectivity index (χ3v) is 6.53. The van der Waals surface area contributed by atoms with Gasteiger partial charge >= 0.3 is 11.9 Å². The molecule has 168 valence electrons. The summed E-state index contributed by atoms with van der Waals surface area (Å²) in [6.45, 7) is 2.34. The molecule has 1 aliphatic rings. The number of hydrogen-bond donors (Lipinski definition) is 0. The van der Waals surface area contributed by atoms with E-state index in [-0.39, 0.29) is 41.7 Å². The van der Waals surface area contributed by atoms with E-state index in [1.807, 2.05) is 0 Å². The molecule has 1 aromatic carbocycles. The molecule has 4 rings (SSSR count). The molecular weight excluding hydrogens is 437 g/mol. The molecule has 0 spiro atoms. The summed E-state index contributed by atoms with van der Waals surface area (Å²) < 4.78 is 30.9. The van der Waals surface area contributed by atoms with E-state index in [0.29, 0.717) is 29.6 Å². The summed E-state index contributed by atoms with van der Waals surface area (Å²) in [6, 6.07) is 7.78. The number of benzene rings is 1. The van der Waals surface area contributed by atoms with Crippen LogP contribution in [0.5, 0.6) is 0 Å². The molecule has 0 aliphatic carbocycles. The van der Waals surface area contributed by atoms with Crippen LogP contribution < -0.4 is 0 Å². The summed E-state index contributed by atoms with van der Waals surface area (Å²) in [5.41, 5.74) is 0.300. The number of nitrogens with zero attached hydrogens (tertiary/aromatic N) is 1. The van der Waals surface area contributed by atoms with Crippen LogP contribution in [0.1, 0.15) is 45.6 Å². The van der Waals surface area contributed by atoms with E-state index in [2.05, 4.69) is 0 Å². The fourth-order valence-electron chi connectivity index (χ4n) is 3.84. The topological polar surface area (TPSA) is 86.0 Å². The van der Waals surface area contributed by atoms with Crippen molar-refractivity contribution in [2.24, 2.45) is 5.92 Å². The first kappa shape index (κ1) is 22.0. The molecule has 1 aliphatic heterocycles. The van der Waals surface area contributed by atoms with Crippen molar-refractivity contribution in [3.8, 4) is 0 Å². The molecule has 2 aromatic heterocycles. The van der Waals surface area contributed by atoms with Crippen molar-refractivity contribution < 1.29 is 32.7 Å². The largest absolute Gasteiger partial charge is 0.462 e. The lowest BCUT2D eigenvalue weighted by Crippen LogP contribution is -2.42. The molecule has 1 fully saturated rings. The number of halogens is 1. The summed E-state index contributed by atoms with van der Waals surface area (Å²) in [4.78, 5) is 39.5. The Bertz CT molecular complexity index is 1140. The Morgan fingerprint density at radius 1 is 1.22 bits per heavy atom. The van der Waals surface area contributed by atoms with Crippen molar-refractivity contribution in [3.63, 3.8) is 0 Å². The second kappa shape index (κ2) is 9.52. The first-order chi connectivity index (χ1) is 15.5. The zero-order valence-electron chi connectivity index (χ0n) is 17.5. The molecule has 3 heterocycles. The van der Waals surface area contributed by atoms with Crippen LogP contribution in [0.2, 0.25) is 0 Å². The van der Waals surface area contributed by atoms with Gasteiger partial charge < -0.3 is 18.8 Å². The molecule has 1 atom stereocenters. The van der Waals surface area contributed by atoms with E-state index >= 15 is 0 Å². The van der Waals surface area contributed by atoms with Crippen LogP contribution in [0.25, 0.3) is 10.1 Å². The number of amides is 1. The lowest BCUT2D eigenvalue weighted by atomic mass is 9.98. The minimum Gasteiger partial charge on any atom is -0.462 e. The minimum atomic E-state index is -0.577. The first-order valence-electron chi connectivity index (χ1n) is 10.4. The second-order valence-electron chi connectivity index (χ2n) is 7.42. The van der Waals surface area contributed by atoms with Crippen molar-refractivity contribution in [1.82, 2.24) is 4.90 Å². The van der Waals surface area contributed by atoms with Crippen LogP contribution in [-0.2, 0) is 20.9 Å². The highest BCUT2D eigenvalue weighted by atomic mass is 32.1. The van der Waals surface area contributed by atoms with E-state index in [1.54, 1.807) is 36.1 Å².